The molecule has 2 heterocycles. The van der Waals surface area contributed by atoms with Gasteiger partial charge in [0.15, 0.2) is 0 Å². The predicted octanol–water partition coefficient (Wildman–Crippen LogP) is -0.0237. The lowest BCUT2D eigenvalue weighted by molar-refractivity contribution is -0.130. The van der Waals surface area contributed by atoms with Crippen molar-refractivity contribution in [3.8, 4) is 0 Å². The molecule has 96 valence electrons. The minimum atomic E-state index is -0.175. The summed E-state index contributed by atoms with van der Waals surface area (Å²) >= 11 is 0. The number of carbonyl (C=O) groups is 2. The normalized spacial score (nSPS) is 15.6. The van der Waals surface area contributed by atoms with Crippen LogP contribution in [0.5, 0.6) is 0 Å². The maximum atomic E-state index is 12.1. The van der Waals surface area contributed by atoms with Crippen LogP contribution in [0.2, 0.25) is 0 Å². The van der Waals surface area contributed by atoms with Gasteiger partial charge in [0.25, 0.3) is 5.91 Å². The standard InChI is InChI=1S/C11H15N5O2/c1-15(7-9-12-5-6-13-9)11(18)8-3-4-10(17)16(2)14-8/h5-6H,3-4,7H2,1-2H3,(H,12,13). The average molecular weight is 249 g/mol. The highest BCUT2D eigenvalue weighted by Crippen LogP contribution is 2.09. The number of hydrazone groups is 1. The van der Waals surface area contributed by atoms with Gasteiger partial charge in [0.2, 0.25) is 5.91 Å². The van der Waals surface area contributed by atoms with E-state index in [4.69, 9.17) is 0 Å². The molecule has 18 heavy (non-hydrogen) atoms. The van der Waals surface area contributed by atoms with E-state index in [1.165, 1.54) is 9.91 Å². The quantitative estimate of drug-likeness (QED) is 0.817. The number of aromatic amines is 1. The zero-order valence-corrected chi connectivity index (χ0v) is 10.4. The number of hydrogen-bond donors (Lipinski definition) is 1. The van der Waals surface area contributed by atoms with Crippen molar-refractivity contribution in [2.75, 3.05) is 14.1 Å². The molecule has 0 saturated carbocycles. The summed E-state index contributed by atoms with van der Waals surface area (Å²) in [5, 5.41) is 5.21. The van der Waals surface area contributed by atoms with Crippen LogP contribution in [-0.4, -0.2) is 51.5 Å². The van der Waals surface area contributed by atoms with Gasteiger partial charge in [-0.2, -0.15) is 5.10 Å². The molecule has 0 spiro atoms. The van der Waals surface area contributed by atoms with Crippen molar-refractivity contribution in [1.29, 1.82) is 0 Å². The average Bonchev–Trinajstić information content (AvgIpc) is 2.84. The molecule has 0 saturated heterocycles. The van der Waals surface area contributed by atoms with Crippen LogP contribution < -0.4 is 0 Å². The largest absolute Gasteiger partial charge is 0.347 e. The molecule has 0 aromatic carbocycles. The Morgan fingerprint density at radius 1 is 1.56 bits per heavy atom. The first-order valence-corrected chi connectivity index (χ1v) is 5.65. The molecular formula is C11H15N5O2. The summed E-state index contributed by atoms with van der Waals surface area (Å²) in [6.07, 6.45) is 4.07. The molecule has 0 atom stereocenters. The van der Waals surface area contributed by atoms with Crippen LogP contribution in [0.3, 0.4) is 0 Å². The maximum Gasteiger partial charge on any atom is 0.270 e. The van der Waals surface area contributed by atoms with E-state index < -0.39 is 0 Å². The highest BCUT2D eigenvalue weighted by molar-refractivity contribution is 6.39. The first kappa shape index (κ1) is 12.3. The Balaban J connectivity index is 2.03. The summed E-state index contributed by atoms with van der Waals surface area (Å²) in [4.78, 5) is 31.9. The molecule has 2 rings (SSSR count). The Bertz CT molecular complexity index is 480. The molecule has 1 aromatic heterocycles. The van der Waals surface area contributed by atoms with Gasteiger partial charge in [0, 0.05) is 39.3 Å². The van der Waals surface area contributed by atoms with Gasteiger partial charge in [-0.1, -0.05) is 0 Å². The summed E-state index contributed by atoms with van der Waals surface area (Å²) in [6, 6.07) is 0. The smallest absolute Gasteiger partial charge is 0.270 e. The summed E-state index contributed by atoms with van der Waals surface area (Å²) in [7, 11) is 3.24. The molecular weight excluding hydrogens is 234 g/mol. The van der Waals surface area contributed by atoms with E-state index >= 15 is 0 Å². The SMILES string of the molecule is CN(Cc1ncc[nH]1)C(=O)C1=NN(C)C(=O)CC1. The van der Waals surface area contributed by atoms with Crippen LogP contribution in [0.15, 0.2) is 17.5 Å². The Kier molecular flexibility index (Phi) is 3.40. The van der Waals surface area contributed by atoms with Crippen LogP contribution in [0.25, 0.3) is 0 Å². The molecule has 1 aliphatic heterocycles. The lowest BCUT2D eigenvalue weighted by Crippen LogP contribution is -2.38. The van der Waals surface area contributed by atoms with Crippen molar-refractivity contribution in [1.82, 2.24) is 19.9 Å². The molecule has 0 fully saturated rings. The minimum absolute atomic E-state index is 0.0692. The molecule has 0 unspecified atom stereocenters. The number of hydrogen-bond acceptors (Lipinski definition) is 4. The summed E-state index contributed by atoms with van der Waals surface area (Å²) < 4.78 is 0. The highest BCUT2D eigenvalue weighted by Gasteiger charge is 2.24. The molecule has 7 heteroatoms. The Labute approximate surface area is 104 Å². The first-order chi connectivity index (χ1) is 8.58. The highest BCUT2D eigenvalue weighted by atomic mass is 16.2. The summed E-state index contributed by atoms with van der Waals surface area (Å²) in [5.41, 5.74) is 0.408. The van der Waals surface area contributed by atoms with Gasteiger partial charge < -0.3 is 9.88 Å². The monoisotopic (exact) mass is 249 g/mol. The Morgan fingerprint density at radius 2 is 2.33 bits per heavy atom. The number of imidazole rings is 1. The maximum absolute atomic E-state index is 12.1. The summed E-state index contributed by atoms with van der Waals surface area (Å²) in [6.45, 7) is 0.391. The third kappa shape index (κ3) is 2.55. The number of rotatable bonds is 3. The fourth-order valence-corrected chi connectivity index (χ4v) is 1.72. The molecule has 1 aromatic rings. The third-order valence-electron chi connectivity index (χ3n) is 2.74. The second-order valence-electron chi connectivity index (χ2n) is 4.16. The second-order valence-corrected chi connectivity index (χ2v) is 4.16. The zero-order chi connectivity index (χ0) is 13.1. The van der Waals surface area contributed by atoms with Crippen molar-refractivity contribution in [3.63, 3.8) is 0 Å². The number of nitrogens with zero attached hydrogens (tertiary/aromatic N) is 4. The fourth-order valence-electron chi connectivity index (χ4n) is 1.72. The molecule has 0 aliphatic carbocycles. The third-order valence-corrected chi connectivity index (χ3v) is 2.74. The van der Waals surface area contributed by atoms with Crippen LogP contribution >= 0.6 is 0 Å². The van der Waals surface area contributed by atoms with Gasteiger partial charge in [0.05, 0.1) is 6.54 Å². The van der Waals surface area contributed by atoms with Crippen LogP contribution in [0, 0.1) is 0 Å². The van der Waals surface area contributed by atoms with Gasteiger partial charge in [-0.3, -0.25) is 9.59 Å². The number of aromatic nitrogens is 2. The van der Waals surface area contributed by atoms with Gasteiger partial charge in [-0.25, -0.2) is 9.99 Å². The lowest BCUT2D eigenvalue weighted by Gasteiger charge is -2.22. The predicted molar refractivity (Wildman–Crippen MR) is 64.5 cm³/mol. The number of H-pyrrole nitrogens is 1. The second kappa shape index (κ2) is 4.99. The topological polar surface area (TPSA) is 81.7 Å². The van der Waals surface area contributed by atoms with Gasteiger partial charge >= 0.3 is 0 Å². The number of carbonyl (C=O) groups excluding carboxylic acids is 2. The Morgan fingerprint density at radius 3 is 2.94 bits per heavy atom. The molecule has 7 nitrogen and oxygen atoms in total. The van der Waals surface area contributed by atoms with E-state index in [0.717, 1.165) is 0 Å². The van der Waals surface area contributed by atoms with Crippen molar-refractivity contribution in [2.24, 2.45) is 5.10 Å². The number of amides is 2. The van der Waals surface area contributed by atoms with Crippen molar-refractivity contribution in [2.45, 2.75) is 19.4 Å². The number of nitrogens with one attached hydrogen (secondary N) is 1. The minimum Gasteiger partial charge on any atom is -0.347 e. The van der Waals surface area contributed by atoms with Gasteiger partial charge in [-0.05, 0) is 0 Å². The van der Waals surface area contributed by atoms with E-state index in [0.29, 0.717) is 30.9 Å². The Hall–Kier alpha value is -2.18. The van der Waals surface area contributed by atoms with Crippen molar-refractivity contribution < 1.29 is 9.59 Å². The molecule has 1 N–H and O–H groups in total. The fraction of sp³-hybridized carbons (Fsp3) is 0.455. The first-order valence-electron chi connectivity index (χ1n) is 5.65. The van der Waals surface area contributed by atoms with Gasteiger partial charge in [0.1, 0.15) is 11.5 Å². The van der Waals surface area contributed by atoms with Crippen LogP contribution in [-0.2, 0) is 16.1 Å². The van der Waals surface area contributed by atoms with Crippen LogP contribution in [0.1, 0.15) is 18.7 Å². The van der Waals surface area contributed by atoms with E-state index in [1.807, 2.05) is 0 Å². The van der Waals surface area contributed by atoms with E-state index in [2.05, 4.69) is 15.1 Å². The van der Waals surface area contributed by atoms with Gasteiger partial charge in [-0.15, -0.1) is 0 Å². The van der Waals surface area contributed by atoms with Crippen LogP contribution in [0.4, 0.5) is 0 Å². The van der Waals surface area contributed by atoms with Crippen molar-refractivity contribution >= 4 is 17.5 Å². The molecule has 0 bridgehead atoms. The zero-order valence-electron chi connectivity index (χ0n) is 10.4. The summed E-state index contributed by atoms with van der Waals surface area (Å²) in [5.74, 6) is 0.470. The van der Waals surface area contributed by atoms with Crippen molar-refractivity contribution in [3.05, 3.63) is 18.2 Å². The molecule has 0 radical (unpaired) electrons. The molecule has 1 aliphatic rings. The van der Waals surface area contributed by atoms with E-state index in [-0.39, 0.29) is 11.8 Å². The van der Waals surface area contributed by atoms with E-state index in [9.17, 15) is 9.59 Å². The lowest BCUT2D eigenvalue weighted by atomic mass is 10.1. The molecule has 2 amide bonds. The van der Waals surface area contributed by atoms with E-state index in [1.54, 1.807) is 26.5 Å².